The molecule has 4 heteroatoms. The van der Waals surface area contributed by atoms with Crippen LogP contribution in [0.5, 0.6) is 0 Å². The standard InChI is InChI=1S/C13H11BrOS2/c14-13-7-6-12(17-13)8-10(15)9-16-11-4-2-1-3-5-11/h1-7H,8-9H2. The maximum atomic E-state index is 11.8. The Kier molecular flexibility index (Phi) is 4.83. The minimum Gasteiger partial charge on any atom is -0.298 e. The number of halogens is 1. The van der Waals surface area contributed by atoms with Crippen LogP contribution in [-0.4, -0.2) is 11.5 Å². The highest BCUT2D eigenvalue weighted by Crippen LogP contribution is 2.23. The number of carbonyl (C=O) groups is 1. The Balaban J connectivity index is 1.82. The van der Waals surface area contributed by atoms with Crippen molar-refractivity contribution in [2.75, 3.05) is 5.75 Å². The van der Waals surface area contributed by atoms with Crippen molar-refractivity contribution in [3.63, 3.8) is 0 Å². The molecule has 0 aliphatic heterocycles. The smallest absolute Gasteiger partial charge is 0.148 e. The summed E-state index contributed by atoms with van der Waals surface area (Å²) in [4.78, 5) is 14.0. The molecule has 17 heavy (non-hydrogen) atoms. The van der Waals surface area contributed by atoms with Gasteiger partial charge in [-0.05, 0) is 40.2 Å². The van der Waals surface area contributed by atoms with E-state index in [1.807, 2.05) is 42.5 Å². The van der Waals surface area contributed by atoms with Gasteiger partial charge in [0.1, 0.15) is 5.78 Å². The van der Waals surface area contributed by atoms with Gasteiger partial charge < -0.3 is 0 Å². The molecule has 2 rings (SSSR count). The van der Waals surface area contributed by atoms with E-state index < -0.39 is 0 Å². The van der Waals surface area contributed by atoms with E-state index in [0.29, 0.717) is 12.2 Å². The molecule has 0 fully saturated rings. The van der Waals surface area contributed by atoms with E-state index in [1.54, 1.807) is 23.1 Å². The van der Waals surface area contributed by atoms with Crippen LogP contribution in [0.15, 0.2) is 51.1 Å². The maximum Gasteiger partial charge on any atom is 0.148 e. The minimum atomic E-state index is 0.271. The largest absolute Gasteiger partial charge is 0.298 e. The van der Waals surface area contributed by atoms with Crippen LogP contribution in [0.4, 0.5) is 0 Å². The molecule has 0 aliphatic carbocycles. The summed E-state index contributed by atoms with van der Waals surface area (Å²) in [6.07, 6.45) is 0.538. The topological polar surface area (TPSA) is 17.1 Å². The number of Topliss-reactive ketones (excluding diaryl/α,β-unsaturated/α-hetero) is 1. The molecule has 88 valence electrons. The fourth-order valence-corrected chi connectivity index (χ4v) is 3.66. The van der Waals surface area contributed by atoms with Crippen LogP contribution >= 0.6 is 39.0 Å². The van der Waals surface area contributed by atoms with Crippen molar-refractivity contribution in [2.45, 2.75) is 11.3 Å². The summed E-state index contributed by atoms with van der Waals surface area (Å²) in [5.74, 6) is 0.813. The fourth-order valence-electron chi connectivity index (χ4n) is 1.37. The molecule has 0 saturated carbocycles. The molecule has 2 aromatic rings. The quantitative estimate of drug-likeness (QED) is 0.757. The van der Waals surface area contributed by atoms with E-state index in [0.717, 1.165) is 13.6 Å². The molecule has 1 nitrogen and oxygen atoms in total. The zero-order valence-corrected chi connectivity index (χ0v) is 12.3. The number of benzene rings is 1. The van der Waals surface area contributed by atoms with Gasteiger partial charge in [0.15, 0.2) is 0 Å². The molecule has 1 aromatic carbocycles. The number of hydrogen-bond donors (Lipinski definition) is 0. The third kappa shape index (κ3) is 4.30. The summed E-state index contributed by atoms with van der Waals surface area (Å²) >= 11 is 6.62. The number of ketones is 1. The van der Waals surface area contributed by atoms with Crippen molar-refractivity contribution in [2.24, 2.45) is 0 Å². The van der Waals surface area contributed by atoms with Gasteiger partial charge >= 0.3 is 0 Å². The van der Waals surface area contributed by atoms with Crippen molar-refractivity contribution in [1.29, 1.82) is 0 Å². The highest BCUT2D eigenvalue weighted by atomic mass is 79.9. The van der Waals surface area contributed by atoms with Gasteiger partial charge in [0.25, 0.3) is 0 Å². The summed E-state index contributed by atoms with van der Waals surface area (Å²) in [6, 6.07) is 14.0. The number of hydrogen-bond acceptors (Lipinski definition) is 3. The van der Waals surface area contributed by atoms with Gasteiger partial charge in [0.2, 0.25) is 0 Å². The third-order valence-corrected chi connectivity index (χ3v) is 4.84. The fraction of sp³-hybridized carbons (Fsp3) is 0.154. The number of carbonyl (C=O) groups excluding carboxylic acids is 1. The van der Waals surface area contributed by atoms with Crippen LogP contribution in [-0.2, 0) is 11.2 Å². The summed E-state index contributed by atoms with van der Waals surface area (Å²) in [5.41, 5.74) is 0. The van der Waals surface area contributed by atoms with E-state index in [4.69, 9.17) is 0 Å². The van der Waals surface area contributed by atoms with Crippen LogP contribution in [0.1, 0.15) is 4.88 Å². The lowest BCUT2D eigenvalue weighted by molar-refractivity contribution is -0.115. The first-order chi connectivity index (χ1) is 8.24. The van der Waals surface area contributed by atoms with Crippen LogP contribution < -0.4 is 0 Å². The molecule has 0 unspecified atom stereocenters. The summed E-state index contributed by atoms with van der Waals surface area (Å²) in [6.45, 7) is 0. The molecular weight excluding hydrogens is 316 g/mol. The summed E-state index contributed by atoms with van der Waals surface area (Å²) < 4.78 is 1.08. The normalized spacial score (nSPS) is 10.4. The first-order valence-electron chi connectivity index (χ1n) is 5.18. The molecule has 1 heterocycles. The van der Waals surface area contributed by atoms with Crippen molar-refractivity contribution in [3.05, 3.63) is 51.1 Å². The van der Waals surface area contributed by atoms with Gasteiger partial charge in [-0.1, -0.05) is 18.2 Å². The van der Waals surface area contributed by atoms with Gasteiger partial charge in [0, 0.05) is 16.2 Å². The highest BCUT2D eigenvalue weighted by Gasteiger charge is 2.06. The monoisotopic (exact) mass is 326 g/mol. The Morgan fingerprint density at radius 2 is 1.94 bits per heavy atom. The lowest BCUT2D eigenvalue weighted by Crippen LogP contribution is -2.04. The number of thiophene rings is 1. The average Bonchev–Trinajstić information content (AvgIpc) is 2.73. The Bertz CT molecular complexity index is 493. The van der Waals surface area contributed by atoms with Crippen LogP contribution in [0, 0.1) is 0 Å². The van der Waals surface area contributed by atoms with Gasteiger partial charge in [-0.25, -0.2) is 0 Å². The molecular formula is C13H11BrOS2. The molecule has 1 aromatic heterocycles. The second-order valence-electron chi connectivity index (χ2n) is 3.52. The lowest BCUT2D eigenvalue weighted by atomic mass is 10.3. The predicted molar refractivity (Wildman–Crippen MR) is 77.9 cm³/mol. The predicted octanol–water partition coefficient (Wildman–Crippen LogP) is 4.41. The van der Waals surface area contributed by atoms with Crippen molar-refractivity contribution in [3.8, 4) is 0 Å². The molecule has 0 spiro atoms. The first-order valence-corrected chi connectivity index (χ1v) is 7.77. The molecule has 0 radical (unpaired) electrons. The Morgan fingerprint density at radius 3 is 2.59 bits per heavy atom. The van der Waals surface area contributed by atoms with Crippen molar-refractivity contribution in [1.82, 2.24) is 0 Å². The zero-order valence-electron chi connectivity index (χ0n) is 9.06. The summed E-state index contributed by atoms with van der Waals surface area (Å²) in [5, 5.41) is 0. The van der Waals surface area contributed by atoms with E-state index in [1.165, 1.54) is 0 Å². The Labute approximate surface area is 117 Å². The minimum absolute atomic E-state index is 0.271. The zero-order chi connectivity index (χ0) is 12.1. The van der Waals surface area contributed by atoms with Crippen molar-refractivity contribution >= 4 is 44.8 Å². The molecule has 0 bridgehead atoms. The Morgan fingerprint density at radius 1 is 1.18 bits per heavy atom. The Hall–Kier alpha value is -0.580. The van der Waals surface area contributed by atoms with E-state index in [9.17, 15) is 4.79 Å². The first kappa shape index (κ1) is 12.9. The van der Waals surface area contributed by atoms with Gasteiger partial charge in [-0.15, -0.1) is 23.1 Å². The SMILES string of the molecule is O=C(CSc1ccccc1)Cc1ccc(Br)s1. The molecule has 0 amide bonds. The highest BCUT2D eigenvalue weighted by molar-refractivity contribution is 9.11. The van der Waals surface area contributed by atoms with E-state index in [-0.39, 0.29) is 5.78 Å². The molecule has 0 saturated heterocycles. The van der Waals surface area contributed by atoms with Crippen LogP contribution in [0.3, 0.4) is 0 Å². The summed E-state index contributed by atoms with van der Waals surface area (Å²) in [7, 11) is 0. The molecule has 0 aliphatic rings. The van der Waals surface area contributed by atoms with Crippen LogP contribution in [0.25, 0.3) is 0 Å². The van der Waals surface area contributed by atoms with E-state index >= 15 is 0 Å². The second kappa shape index (κ2) is 6.38. The van der Waals surface area contributed by atoms with Gasteiger partial charge in [-0.3, -0.25) is 4.79 Å². The molecule has 0 atom stereocenters. The van der Waals surface area contributed by atoms with Gasteiger partial charge in [0.05, 0.1) is 9.54 Å². The van der Waals surface area contributed by atoms with Gasteiger partial charge in [-0.2, -0.15) is 0 Å². The molecule has 0 N–H and O–H groups in total. The van der Waals surface area contributed by atoms with Crippen molar-refractivity contribution < 1.29 is 4.79 Å². The second-order valence-corrected chi connectivity index (χ2v) is 7.12. The van der Waals surface area contributed by atoms with Crippen LogP contribution in [0.2, 0.25) is 0 Å². The number of thioether (sulfide) groups is 1. The average molecular weight is 327 g/mol. The maximum absolute atomic E-state index is 11.8. The van der Waals surface area contributed by atoms with E-state index in [2.05, 4.69) is 15.9 Å². The number of rotatable bonds is 5. The third-order valence-electron chi connectivity index (χ3n) is 2.14. The lowest BCUT2D eigenvalue weighted by Gasteiger charge is -2.00.